The Morgan fingerprint density at radius 1 is 0.875 bits per heavy atom. The van der Waals surface area contributed by atoms with E-state index in [1.807, 2.05) is 0 Å². The van der Waals surface area contributed by atoms with E-state index in [-0.39, 0.29) is 54.6 Å². The monoisotopic (exact) mass is 692 g/mol. The van der Waals surface area contributed by atoms with Crippen molar-refractivity contribution in [3.8, 4) is 0 Å². The first-order chi connectivity index (χ1) is 22.5. The molecule has 8 nitrogen and oxygen atoms in total. The van der Waals surface area contributed by atoms with Crippen LogP contribution >= 0.6 is 0 Å². The van der Waals surface area contributed by atoms with Crippen molar-refractivity contribution in [2.45, 2.75) is 95.5 Å². The van der Waals surface area contributed by atoms with Crippen LogP contribution in [-0.4, -0.2) is 38.9 Å². The highest BCUT2D eigenvalue weighted by Crippen LogP contribution is 2.45. The number of ether oxygens (including phenoxy) is 1. The second-order valence-electron chi connectivity index (χ2n) is 12.0. The topological polar surface area (TPSA) is 76.4 Å². The van der Waals surface area contributed by atoms with Gasteiger partial charge in [-0.2, -0.15) is 44.3 Å². The van der Waals surface area contributed by atoms with Crippen LogP contribution in [0.4, 0.5) is 55.9 Å². The van der Waals surface area contributed by atoms with E-state index >= 15 is 0 Å². The molecule has 2 heterocycles. The summed E-state index contributed by atoms with van der Waals surface area (Å²) in [4.78, 5) is 17.0. The molecule has 1 saturated carbocycles. The maximum absolute atomic E-state index is 14.3. The number of anilines is 2. The molecule has 5 rings (SSSR count). The van der Waals surface area contributed by atoms with E-state index in [2.05, 4.69) is 15.4 Å². The fourth-order valence-electron chi connectivity index (χ4n) is 6.35. The first-order valence-electron chi connectivity index (χ1n) is 15.5. The number of aryl methyl sites for hydroxylation is 2. The summed E-state index contributed by atoms with van der Waals surface area (Å²) in [5, 5.41) is 11.9. The van der Waals surface area contributed by atoms with Crippen LogP contribution < -0.4 is 9.80 Å². The summed E-state index contributed by atoms with van der Waals surface area (Å²) in [6.45, 7) is 0.861. The van der Waals surface area contributed by atoms with Crippen LogP contribution in [0.5, 0.6) is 0 Å². The van der Waals surface area contributed by atoms with E-state index in [1.165, 1.54) is 24.9 Å². The van der Waals surface area contributed by atoms with Crippen molar-refractivity contribution in [2.75, 3.05) is 16.3 Å². The van der Waals surface area contributed by atoms with Gasteiger partial charge >= 0.3 is 24.6 Å². The van der Waals surface area contributed by atoms with Crippen LogP contribution in [0.15, 0.2) is 30.3 Å². The summed E-state index contributed by atoms with van der Waals surface area (Å²) in [6.07, 6.45) is -12.1. The van der Waals surface area contributed by atoms with Crippen molar-refractivity contribution < 1.29 is 49.0 Å². The van der Waals surface area contributed by atoms with Gasteiger partial charge in [-0.15, -0.1) is 5.10 Å². The summed E-state index contributed by atoms with van der Waals surface area (Å²) in [6, 6.07) is 2.32. The van der Waals surface area contributed by atoms with Crippen molar-refractivity contribution in [2.24, 2.45) is 7.05 Å². The zero-order valence-electron chi connectivity index (χ0n) is 26.0. The third-order valence-corrected chi connectivity index (χ3v) is 8.62. The third-order valence-electron chi connectivity index (χ3n) is 8.62. The smallest absolute Gasteiger partial charge is 0.416 e. The van der Waals surface area contributed by atoms with Crippen molar-refractivity contribution in [1.29, 1.82) is 0 Å². The minimum absolute atomic E-state index is 0.0113. The first kappa shape index (κ1) is 35.3. The van der Waals surface area contributed by atoms with Crippen LogP contribution in [0.2, 0.25) is 0 Å². The van der Waals surface area contributed by atoms with Gasteiger partial charge in [-0.25, -0.2) is 4.79 Å². The molecule has 1 atom stereocenters. The first-order valence-corrected chi connectivity index (χ1v) is 15.5. The van der Waals surface area contributed by atoms with E-state index in [9.17, 15) is 44.3 Å². The van der Waals surface area contributed by atoms with Gasteiger partial charge in [0, 0.05) is 13.1 Å². The molecule has 0 bridgehead atoms. The van der Waals surface area contributed by atoms with Gasteiger partial charge in [-0.3, -0.25) is 4.90 Å². The summed E-state index contributed by atoms with van der Waals surface area (Å²) in [5.41, 5.74) is -4.48. The quantitative estimate of drug-likeness (QED) is 0.241. The molecule has 0 N–H and O–H groups in total. The highest BCUT2D eigenvalue weighted by Gasteiger charge is 2.41. The van der Waals surface area contributed by atoms with Gasteiger partial charge in [0.2, 0.25) is 0 Å². The Labute approximate surface area is 269 Å². The molecular formula is C31H33F9N6O2. The summed E-state index contributed by atoms with van der Waals surface area (Å²) < 4.78 is 131. The summed E-state index contributed by atoms with van der Waals surface area (Å²) >= 11 is 0. The highest BCUT2D eigenvalue weighted by molar-refractivity contribution is 5.89. The lowest BCUT2D eigenvalue weighted by Crippen LogP contribution is -2.36. The number of aromatic nitrogens is 4. The fourth-order valence-corrected chi connectivity index (χ4v) is 6.35. The van der Waals surface area contributed by atoms with Crippen molar-refractivity contribution >= 4 is 17.7 Å². The Hall–Kier alpha value is -4.05. The highest BCUT2D eigenvalue weighted by atomic mass is 19.4. The van der Waals surface area contributed by atoms with Gasteiger partial charge in [0.1, 0.15) is 6.10 Å². The molecule has 1 aliphatic heterocycles. The summed E-state index contributed by atoms with van der Waals surface area (Å²) in [5.74, 6) is -0.185. The molecule has 2 aromatic carbocycles. The average Bonchev–Trinajstić information content (AvgIpc) is 3.35. The lowest BCUT2D eigenvalue weighted by molar-refractivity contribution is -0.143. The molecular weight excluding hydrogens is 659 g/mol. The zero-order valence-corrected chi connectivity index (χ0v) is 26.0. The van der Waals surface area contributed by atoms with Crippen molar-refractivity contribution in [3.63, 3.8) is 0 Å². The number of nitrogens with zero attached hydrogens (tertiary/aromatic N) is 6. The maximum atomic E-state index is 14.3. The van der Waals surface area contributed by atoms with E-state index in [0.717, 1.165) is 35.0 Å². The number of rotatable bonds is 6. The number of amides is 1. The van der Waals surface area contributed by atoms with Crippen LogP contribution in [0.3, 0.4) is 0 Å². The number of halogens is 9. The van der Waals surface area contributed by atoms with Crippen LogP contribution in [0, 0.1) is 0 Å². The predicted molar refractivity (Wildman–Crippen MR) is 155 cm³/mol. The van der Waals surface area contributed by atoms with Gasteiger partial charge in [0.25, 0.3) is 5.95 Å². The van der Waals surface area contributed by atoms with Gasteiger partial charge in [-0.1, -0.05) is 24.5 Å². The Balaban J connectivity index is 1.66. The third kappa shape index (κ3) is 7.80. The van der Waals surface area contributed by atoms with E-state index < -0.39 is 65.6 Å². The Bertz CT molecular complexity index is 1580. The number of benzene rings is 2. The molecule has 1 amide bonds. The molecule has 48 heavy (non-hydrogen) atoms. The van der Waals surface area contributed by atoms with Gasteiger partial charge in [0.05, 0.1) is 35.5 Å². The minimum atomic E-state index is -5.11. The molecule has 0 unspecified atom stereocenters. The second-order valence-corrected chi connectivity index (χ2v) is 12.0. The van der Waals surface area contributed by atoms with Crippen LogP contribution in [0.25, 0.3) is 0 Å². The standard InChI is InChI=1S/C31H33F9N6O2/c1-3-19-14-23-25(10-7-11-45(26(23)16-24(19)31(38,39)40)28(47)48-22-8-5-4-6-9-22)46(27-41-43-44(2)42-27)17-18-12-20(29(32,33)34)15-21(13-18)30(35,36)37/h12-16,22,25H,3-11,17H2,1-2H3/t25-/m0/s1. The lowest BCUT2D eigenvalue weighted by Gasteiger charge is -2.33. The van der Waals surface area contributed by atoms with E-state index in [1.54, 1.807) is 0 Å². The molecule has 262 valence electrons. The molecule has 3 aromatic rings. The number of carbonyl (C=O) groups excluding carboxylic acids is 1. The predicted octanol–water partition coefficient (Wildman–Crippen LogP) is 8.65. The number of carbonyl (C=O) groups is 1. The van der Waals surface area contributed by atoms with Crippen molar-refractivity contribution in [3.05, 3.63) is 63.7 Å². The van der Waals surface area contributed by atoms with Crippen LogP contribution in [0.1, 0.15) is 91.3 Å². The normalized spacial score (nSPS) is 18.0. The second kappa shape index (κ2) is 13.5. The molecule has 1 aliphatic carbocycles. The Morgan fingerprint density at radius 2 is 1.52 bits per heavy atom. The molecule has 2 aliphatic rings. The number of fused-ring (bicyclic) bond motifs is 1. The van der Waals surface area contributed by atoms with Gasteiger partial charge in [0.15, 0.2) is 0 Å². The SMILES string of the molecule is CCc1cc2c(cc1C(F)(F)F)N(C(=O)OC1CCCCC1)CCC[C@@H]2N(Cc1cc(C(F)(F)F)cc(C(F)(F)F)c1)c1nnn(C)n1. The average molecular weight is 693 g/mol. The molecule has 0 spiro atoms. The van der Waals surface area contributed by atoms with E-state index in [0.29, 0.717) is 25.0 Å². The number of alkyl halides is 9. The zero-order chi connectivity index (χ0) is 35.0. The fraction of sp³-hybridized carbons (Fsp3) is 0.548. The maximum Gasteiger partial charge on any atom is 0.416 e. The van der Waals surface area contributed by atoms with Gasteiger partial charge in [-0.05, 0) is 91.1 Å². The van der Waals surface area contributed by atoms with Crippen LogP contribution in [-0.2, 0) is 43.3 Å². The number of hydrogen-bond acceptors (Lipinski definition) is 6. The lowest BCUT2D eigenvalue weighted by atomic mass is 9.93. The molecule has 0 saturated heterocycles. The minimum Gasteiger partial charge on any atom is -0.446 e. The Morgan fingerprint density at radius 3 is 2.06 bits per heavy atom. The summed E-state index contributed by atoms with van der Waals surface area (Å²) in [7, 11) is 1.40. The van der Waals surface area contributed by atoms with Crippen molar-refractivity contribution in [1.82, 2.24) is 20.2 Å². The van der Waals surface area contributed by atoms with Gasteiger partial charge < -0.3 is 9.64 Å². The molecule has 17 heteroatoms. The number of tetrazole rings is 1. The molecule has 0 radical (unpaired) electrons. The molecule has 1 aromatic heterocycles. The Kier molecular flexibility index (Phi) is 9.88. The molecule has 1 fully saturated rings. The van der Waals surface area contributed by atoms with E-state index in [4.69, 9.17) is 4.74 Å². The number of hydrogen-bond donors (Lipinski definition) is 0. The largest absolute Gasteiger partial charge is 0.446 e.